The smallest absolute Gasteiger partial charge is 0.155 e. The molecule has 1 heterocycles. The van der Waals surface area contributed by atoms with Crippen LogP contribution >= 0.6 is 0 Å². The summed E-state index contributed by atoms with van der Waals surface area (Å²) >= 11 is 0. The van der Waals surface area contributed by atoms with Gasteiger partial charge in [-0.1, -0.05) is 12.1 Å². The number of hydrogen-bond acceptors (Lipinski definition) is 5. The highest BCUT2D eigenvalue weighted by atomic mass is 32.2. The molecule has 1 atom stereocenters. The molecule has 114 valence electrons. The van der Waals surface area contributed by atoms with E-state index in [0.717, 1.165) is 5.56 Å². The van der Waals surface area contributed by atoms with E-state index < -0.39 is 15.1 Å². The van der Waals surface area contributed by atoms with E-state index in [4.69, 9.17) is 10.5 Å². The van der Waals surface area contributed by atoms with Gasteiger partial charge in [-0.05, 0) is 24.6 Å². The molecular formula is C14H19N3O3S. The van der Waals surface area contributed by atoms with E-state index in [0.29, 0.717) is 22.8 Å². The lowest BCUT2D eigenvalue weighted by Gasteiger charge is -2.10. The molecule has 7 heteroatoms. The highest BCUT2D eigenvalue weighted by Gasteiger charge is 2.27. The molecule has 0 radical (unpaired) electrons. The first-order valence-corrected chi connectivity index (χ1v) is 8.36. The number of nitrogens with two attached hydrogens (primary N) is 1. The third-order valence-electron chi connectivity index (χ3n) is 3.50. The summed E-state index contributed by atoms with van der Waals surface area (Å²) in [5, 5.41) is 3.55. The lowest BCUT2D eigenvalue weighted by Crippen LogP contribution is -2.09. The van der Waals surface area contributed by atoms with Crippen molar-refractivity contribution in [2.45, 2.75) is 12.2 Å². The number of aryl methyl sites for hydroxylation is 1. The number of aromatic nitrogens is 2. The van der Waals surface area contributed by atoms with E-state index >= 15 is 0 Å². The fourth-order valence-corrected chi connectivity index (χ4v) is 2.69. The van der Waals surface area contributed by atoms with Crippen LogP contribution in [0.3, 0.4) is 0 Å². The number of rotatable bonds is 4. The monoisotopic (exact) mass is 309 g/mol. The standard InChI is InChI=1S/C14H19N3O3S/c1-9(21(4,18)19)13-12(14(15)17(2)16-13)10-6-5-7-11(8-10)20-3/h5-9H,15H2,1-4H3. The summed E-state index contributed by atoms with van der Waals surface area (Å²) in [6.45, 7) is 1.61. The zero-order valence-corrected chi connectivity index (χ0v) is 13.3. The van der Waals surface area contributed by atoms with Crippen molar-refractivity contribution in [1.82, 2.24) is 9.78 Å². The second kappa shape index (κ2) is 5.40. The van der Waals surface area contributed by atoms with Crippen LogP contribution in [0.1, 0.15) is 17.9 Å². The first kappa shape index (κ1) is 15.4. The van der Waals surface area contributed by atoms with Crippen LogP contribution in [-0.2, 0) is 16.9 Å². The van der Waals surface area contributed by atoms with Crippen molar-refractivity contribution in [2.24, 2.45) is 7.05 Å². The number of ether oxygens (including phenoxy) is 1. The van der Waals surface area contributed by atoms with Crippen molar-refractivity contribution in [3.05, 3.63) is 30.0 Å². The van der Waals surface area contributed by atoms with Gasteiger partial charge in [0.25, 0.3) is 0 Å². The third-order valence-corrected chi connectivity index (χ3v) is 5.01. The molecule has 0 amide bonds. The zero-order valence-electron chi connectivity index (χ0n) is 12.5. The maximum atomic E-state index is 11.8. The van der Waals surface area contributed by atoms with Crippen LogP contribution in [0.2, 0.25) is 0 Å². The van der Waals surface area contributed by atoms with Gasteiger partial charge < -0.3 is 10.5 Å². The first-order valence-electron chi connectivity index (χ1n) is 6.41. The maximum Gasteiger partial charge on any atom is 0.155 e. The van der Waals surface area contributed by atoms with Gasteiger partial charge in [0, 0.05) is 18.9 Å². The molecule has 2 rings (SSSR count). The quantitative estimate of drug-likeness (QED) is 0.930. The third kappa shape index (κ3) is 2.87. The molecular weight excluding hydrogens is 290 g/mol. The van der Waals surface area contributed by atoms with Crippen LogP contribution in [0.25, 0.3) is 11.1 Å². The minimum absolute atomic E-state index is 0.425. The van der Waals surface area contributed by atoms with Crippen LogP contribution in [0.4, 0.5) is 5.82 Å². The Bertz CT molecular complexity index is 766. The van der Waals surface area contributed by atoms with E-state index in [1.807, 2.05) is 24.3 Å². The van der Waals surface area contributed by atoms with Gasteiger partial charge in [-0.3, -0.25) is 4.68 Å². The van der Waals surface area contributed by atoms with Gasteiger partial charge in [0.05, 0.1) is 12.8 Å². The second-order valence-corrected chi connectivity index (χ2v) is 7.34. The average Bonchev–Trinajstić information content (AvgIpc) is 2.73. The van der Waals surface area contributed by atoms with Gasteiger partial charge in [-0.15, -0.1) is 0 Å². The van der Waals surface area contributed by atoms with Crippen molar-refractivity contribution in [2.75, 3.05) is 19.1 Å². The van der Waals surface area contributed by atoms with E-state index in [1.54, 1.807) is 21.1 Å². The summed E-state index contributed by atoms with van der Waals surface area (Å²) in [5.41, 5.74) is 7.94. The Hall–Kier alpha value is -2.02. The van der Waals surface area contributed by atoms with E-state index in [2.05, 4.69) is 5.10 Å². The summed E-state index contributed by atoms with van der Waals surface area (Å²) < 4.78 is 30.4. The van der Waals surface area contributed by atoms with Crippen LogP contribution < -0.4 is 10.5 Å². The summed E-state index contributed by atoms with van der Waals surface area (Å²) in [7, 11) is -0.00101. The number of nitrogens with zero attached hydrogens (tertiary/aromatic N) is 2. The summed E-state index contributed by atoms with van der Waals surface area (Å²) in [6, 6.07) is 7.31. The number of benzene rings is 1. The first-order chi connectivity index (χ1) is 9.75. The van der Waals surface area contributed by atoms with Crippen molar-refractivity contribution in [3.63, 3.8) is 0 Å². The van der Waals surface area contributed by atoms with Gasteiger partial charge in [0.1, 0.15) is 16.8 Å². The van der Waals surface area contributed by atoms with Gasteiger partial charge in [0.2, 0.25) is 0 Å². The minimum Gasteiger partial charge on any atom is -0.497 e. The van der Waals surface area contributed by atoms with Crippen molar-refractivity contribution in [3.8, 4) is 16.9 Å². The molecule has 0 spiro atoms. The van der Waals surface area contributed by atoms with Gasteiger partial charge in [-0.2, -0.15) is 5.10 Å². The lowest BCUT2D eigenvalue weighted by molar-refractivity contribution is 0.415. The molecule has 0 aliphatic carbocycles. The van der Waals surface area contributed by atoms with E-state index in [9.17, 15) is 8.42 Å². The topological polar surface area (TPSA) is 87.2 Å². The summed E-state index contributed by atoms with van der Waals surface area (Å²) in [6.07, 6.45) is 1.19. The van der Waals surface area contributed by atoms with Crippen molar-refractivity contribution in [1.29, 1.82) is 0 Å². The Morgan fingerprint density at radius 1 is 1.38 bits per heavy atom. The number of sulfone groups is 1. The normalized spacial score (nSPS) is 13.1. The predicted molar refractivity (Wildman–Crippen MR) is 82.9 cm³/mol. The highest BCUT2D eigenvalue weighted by Crippen LogP contribution is 2.36. The molecule has 0 fully saturated rings. The Morgan fingerprint density at radius 2 is 2.05 bits per heavy atom. The Labute approximate surface area is 124 Å². The molecule has 0 aliphatic rings. The molecule has 0 saturated carbocycles. The van der Waals surface area contributed by atoms with Gasteiger partial charge in [-0.25, -0.2) is 8.42 Å². The minimum atomic E-state index is -3.27. The molecule has 0 aliphatic heterocycles. The second-order valence-electron chi connectivity index (χ2n) is 4.97. The maximum absolute atomic E-state index is 11.8. The highest BCUT2D eigenvalue weighted by molar-refractivity contribution is 7.90. The molecule has 0 bridgehead atoms. The van der Waals surface area contributed by atoms with E-state index in [-0.39, 0.29) is 0 Å². The molecule has 2 aromatic rings. The number of methoxy groups -OCH3 is 1. The van der Waals surface area contributed by atoms with Crippen LogP contribution in [-0.4, -0.2) is 31.6 Å². The largest absolute Gasteiger partial charge is 0.497 e. The molecule has 0 saturated heterocycles. The SMILES string of the molecule is COc1cccc(-c2c(C(C)S(C)(=O)=O)nn(C)c2N)c1. The van der Waals surface area contributed by atoms with E-state index in [1.165, 1.54) is 10.9 Å². The molecule has 21 heavy (non-hydrogen) atoms. The van der Waals surface area contributed by atoms with Crippen LogP contribution in [0.5, 0.6) is 5.75 Å². The van der Waals surface area contributed by atoms with Crippen molar-refractivity contribution < 1.29 is 13.2 Å². The van der Waals surface area contributed by atoms with Gasteiger partial charge >= 0.3 is 0 Å². The number of hydrogen-bond donors (Lipinski definition) is 1. The predicted octanol–water partition coefficient (Wildman–Crippen LogP) is 1.78. The molecule has 1 unspecified atom stereocenters. The summed E-state index contributed by atoms with van der Waals surface area (Å²) in [4.78, 5) is 0. The lowest BCUT2D eigenvalue weighted by atomic mass is 10.0. The fraction of sp³-hybridized carbons (Fsp3) is 0.357. The Morgan fingerprint density at radius 3 is 2.62 bits per heavy atom. The van der Waals surface area contributed by atoms with Crippen molar-refractivity contribution >= 4 is 15.7 Å². The molecule has 2 N–H and O–H groups in total. The molecule has 6 nitrogen and oxygen atoms in total. The van der Waals surface area contributed by atoms with Crippen LogP contribution in [0.15, 0.2) is 24.3 Å². The summed E-state index contributed by atoms with van der Waals surface area (Å²) in [5.74, 6) is 1.10. The Kier molecular flexibility index (Phi) is 3.95. The molecule has 1 aromatic carbocycles. The number of anilines is 1. The average molecular weight is 309 g/mol. The zero-order chi connectivity index (χ0) is 15.8. The number of nitrogen functional groups attached to an aromatic ring is 1. The fourth-order valence-electron chi connectivity index (χ4n) is 2.12. The van der Waals surface area contributed by atoms with Gasteiger partial charge in [0.15, 0.2) is 9.84 Å². The van der Waals surface area contributed by atoms with Crippen LogP contribution in [0, 0.1) is 0 Å². The Balaban J connectivity index is 2.68. The molecule has 1 aromatic heterocycles.